The first kappa shape index (κ1) is 42.8. The van der Waals surface area contributed by atoms with Gasteiger partial charge in [-0.05, 0) is 30.3 Å². The summed E-state index contributed by atoms with van der Waals surface area (Å²) in [7, 11) is 0. The minimum absolute atomic E-state index is 0.0787. The van der Waals surface area contributed by atoms with Crippen LogP contribution in [0.25, 0.3) is 21.5 Å². The van der Waals surface area contributed by atoms with E-state index in [2.05, 4.69) is 10.6 Å². The monoisotopic (exact) mass is 802 g/mol. The minimum Gasteiger partial charge on any atom is -0.382 e. The van der Waals surface area contributed by atoms with E-state index >= 15 is 0 Å². The van der Waals surface area contributed by atoms with Gasteiger partial charge in [-0.15, -0.1) is 0 Å². The molecule has 6 rings (SSSR count). The van der Waals surface area contributed by atoms with Gasteiger partial charge in [-0.3, -0.25) is 19.3 Å². The van der Waals surface area contributed by atoms with Gasteiger partial charge in [0.05, 0.1) is 85.8 Å². The third kappa shape index (κ3) is 10.3. The van der Waals surface area contributed by atoms with Gasteiger partial charge in [0.1, 0.15) is 0 Å². The van der Waals surface area contributed by atoms with Crippen LogP contribution in [0.2, 0.25) is 0 Å². The van der Waals surface area contributed by atoms with Crippen molar-refractivity contribution in [2.24, 2.45) is 11.5 Å². The second kappa shape index (κ2) is 21.9. The number of rotatable bonds is 27. The number of hydrogen-bond acceptors (Lipinski definition) is 14. The molecule has 0 fully saturated rings. The summed E-state index contributed by atoms with van der Waals surface area (Å²) in [4.78, 5) is 43.1. The first-order chi connectivity index (χ1) is 28.5. The third-order valence-electron chi connectivity index (χ3n) is 9.83. The van der Waals surface area contributed by atoms with E-state index in [9.17, 15) is 19.5 Å². The zero-order valence-corrected chi connectivity index (χ0v) is 32.7. The number of amides is 3. The Labute approximate surface area is 337 Å². The molecular formula is C42H54N6O10. The molecule has 0 aliphatic carbocycles. The van der Waals surface area contributed by atoms with Crippen LogP contribution in [0, 0.1) is 0 Å². The van der Waals surface area contributed by atoms with Gasteiger partial charge >= 0.3 is 0 Å². The zero-order valence-electron chi connectivity index (χ0n) is 32.7. The van der Waals surface area contributed by atoms with Gasteiger partial charge in [-0.25, -0.2) is 0 Å². The largest absolute Gasteiger partial charge is 0.382 e. The molecule has 0 saturated heterocycles. The van der Waals surface area contributed by atoms with Gasteiger partial charge < -0.3 is 60.5 Å². The molecule has 0 spiro atoms. The maximum absolute atomic E-state index is 13.5. The standard InChI is InChI=1S/C42H54N6O10/c43-11-17-53-23-25-55-19-13-45-35-9-7-33-37-29(35)3-1-5-31(37)39(49)47(41(33)51)15-21-57-27-28-58-22-16-48-40(50)32-6-2-4-30-36(10-8-34(38(30)32)42(48)52)46-14-20-56-26-24-54-18-12-44/h1-10,39,45-46,49H,11-28,43-44H2. The van der Waals surface area contributed by atoms with E-state index in [-0.39, 0.29) is 57.2 Å². The highest BCUT2D eigenvalue weighted by Crippen LogP contribution is 2.39. The van der Waals surface area contributed by atoms with Crippen LogP contribution in [0.3, 0.4) is 0 Å². The molecule has 312 valence electrons. The molecule has 4 aromatic carbocycles. The number of carbonyl (C=O) groups excluding carboxylic acids is 3. The SMILES string of the molecule is NCCOCCOCCNc1ccc2c3c(cccc13)C(=O)N(CCOCCOCCN1C(=O)c3ccc(NCCOCCOCCN)c4cccc(c34)C1O)C2=O. The lowest BCUT2D eigenvalue weighted by molar-refractivity contribution is -0.0155. The number of nitrogens with two attached hydrogens (primary N) is 2. The summed E-state index contributed by atoms with van der Waals surface area (Å²) in [6.45, 7) is 6.87. The van der Waals surface area contributed by atoms with E-state index in [1.807, 2.05) is 42.5 Å². The van der Waals surface area contributed by atoms with Crippen molar-refractivity contribution >= 4 is 50.6 Å². The van der Waals surface area contributed by atoms with Crippen LogP contribution >= 0.6 is 0 Å². The number of imide groups is 1. The van der Waals surface area contributed by atoms with Crippen molar-refractivity contribution in [2.45, 2.75) is 6.23 Å². The summed E-state index contributed by atoms with van der Waals surface area (Å²) >= 11 is 0. The summed E-state index contributed by atoms with van der Waals surface area (Å²) in [5.41, 5.74) is 14.6. The molecule has 0 bridgehead atoms. The molecule has 2 aliphatic rings. The molecular weight excluding hydrogens is 748 g/mol. The Morgan fingerprint density at radius 2 is 0.983 bits per heavy atom. The van der Waals surface area contributed by atoms with E-state index in [0.717, 1.165) is 27.5 Å². The van der Waals surface area contributed by atoms with E-state index in [1.165, 1.54) is 9.80 Å². The van der Waals surface area contributed by atoms with Gasteiger partial charge in [-0.2, -0.15) is 0 Å². The van der Waals surface area contributed by atoms with Crippen LogP contribution in [0.4, 0.5) is 11.4 Å². The van der Waals surface area contributed by atoms with Crippen molar-refractivity contribution in [1.82, 2.24) is 9.80 Å². The van der Waals surface area contributed by atoms with Crippen LogP contribution in [0.1, 0.15) is 42.9 Å². The number of carbonyl (C=O) groups is 3. The topological polar surface area (TPSA) is 209 Å². The number of aliphatic hydroxyl groups excluding tert-OH is 1. The molecule has 0 saturated carbocycles. The van der Waals surface area contributed by atoms with Gasteiger partial charge in [0.25, 0.3) is 17.7 Å². The molecule has 0 aromatic heterocycles. The van der Waals surface area contributed by atoms with Crippen molar-refractivity contribution < 1.29 is 47.9 Å². The van der Waals surface area contributed by atoms with Crippen molar-refractivity contribution in [3.05, 3.63) is 82.9 Å². The summed E-state index contributed by atoms with van der Waals surface area (Å²) in [5, 5.41) is 21.0. The van der Waals surface area contributed by atoms with Crippen LogP contribution in [0.5, 0.6) is 0 Å². The normalized spacial score (nSPS) is 14.9. The quantitative estimate of drug-likeness (QED) is 0.0434. The number of nitrogens with zero attached hydrogens (tertiary/aromatic N) is 2. The van der Waals surface area contributed by atoms with Crippen molar-refractivity contribution in [3.8, 4) is 0 Å². The maximum atomic E-state index is 13.5. The highest BCUT2D eigenvalue weighted by molar-refractivity contribution is 6.26. The molecule has 16 heteroatoms. The van der Waals surface area contributed by atoms with Crippen molar-refractivity contribution in [3.63, 3.8) is 0 Å². The Morgan fingerprint density at radius 3 is 1.55 bits per heavy atom. The fourth-order valence-electron chi connectivity index (χ4n) is 7.11. The van der Waals surface area contributed by atoms with E-state index < -0.39 is 6.23 Å². The van der Waals surface area contributed by atoms with Crippen LogP contribution in [0.15, 0.2) is 60.7 Å². The molecule has 1 unspecified atom stereocenters. The predicted molar refractivity (Wildman–Crippen MR) is 219 cm³/mol. The molecule has 3 amide bonds. The predicted octanol–water partition coefficient (Wildman–Crippen LogP) is 2.58. The Bertz CT molecular complexity index is 1990. The first-order valence-electron chi connectivity index (χ1n) is 19.8. The maximum Gasteiger partial charge on any atom is 0.261 e. The number of nitrogens with one attached hydrogen (secondary N) is 2. The van der Waals surface area contributed by atoms with E-state index in [0.29, 0.717) is 107 Å². The second-order valence-corrected chi connectivity index (χ2v) is 13.6. The van der Waals surface area contributed by atoms with Crippen molar-refractivity contribution in [1.29, 1.82) is 0 Å². The Kier molecular flexibility index (Phi) is 16.1. The van der Waals surface area contributed by atoms with Crippen molar-refractivity contribution in [2.75, 3.05) is 129 Å². The summed E-state index contributed by atoms with van der Waals surface area (Å²) < 4.78 is 33.3. The number of benzene rings is 4. The fraction of sp³-hybridized carbons (Fsp3) is 0.452. The van der Waals surface area contributed by atoms with E-state index in [4.69, 9.17) is 39.9 Å². The molecule has 58 heavy (non-hydrogen) atoms. The van der Waals surface area contributed by atoms with Gasteiger partial charge in [0.2, 0.25) is 0 Å². The highest BCUT2D eigenvalue weighted by atomic mass is 16.5. The molecule has 2 heterocycles. The lowest BCUT2D eigenvalue weighted by atomic mass is 9.92. The van der Waals surface area contributed by atoms with Gasteiger partial charge in [0, 0.05) is 87.9 Å². The molecule has 16 nitrogen and oxygen atoms in total. The Morgan fingerprint density at radius 1 is 0.517 bits per heavy atom. The Balaban J connectivity index is 0.919. The lowest BCUT2D eigenvalue weighted by Crippen LogP contribution is -2.42. The summed E-state index contributed by atoms with van der Waals surface area (Å²) in [6, 6.07) is 18.3. The van der Waals surface area contributed by atoms with Gasteiger partial charge in [0.15, 0.2) is 6.23 Å². The minimum atomic E-state index is -1.13. The average Bonchev–Trinajstić information content (AvgIpc) is 3.24. The second-order valence-electron chi connectivity index (χ2n) is 13.6. The number of anilines is 2. The van der Waals surface area contributed by atoms with Crippen LogP contribution < -0.4 is 22.1 Å². The summed E-state index contributed by atoms with van der Waals surface area (Å²) in [5.74, 6) is -1.03. The number of aliphatic hydroxyl groups is 1. The number of hydrogen-bond donors (Lipinski definition) is 5. The third-order valence-corrected chi connectivity index (χ3v) is 9.83. The van der Waals surface area contributed by atoms with Gasteiger partial charge in [-0.1, -0.05) is 30.3 Å². The number of ether oxygens (including phenoxy) is 6. The molecule has 2 aliphatic heterocycles. The first-order valence-corrected chi connectivity index (χ1v) is 19.8. The molecule has 4 aromatic rings. The fourth-order valence-corrected chi connectivity index (χ4v) is 7.11. The van der Waals surface area contributed by atoms with E-state index in [1.54, 1.807) is 18.2 Å². The van der Waals surface area contributed by atoms with Crippen LogP contribution in [-0.2, 0) is 28.4 Å². The zero-order chi connectivity index (χ0) is 40.7. The summed E-state index contributed by atoms with van der Waals surface area (Å²) in [6.07, 6.45) is -1.13. The lowest BCUT2D eigenvalue weighted by Gasteiger charge is -2.34. The smallest absolute Gasteiger partial charge is 0.261 e. The highest BCUT2D eigenvalue weighted by Gasteiger charge is 2.34. The average molecular weight is 803 g/mol. The Hall–Kier alpha value is -4.75. The molecule has 0 radical (unpaired) electrons. The molecule has 7 N–H and O–H groups in total. The van der Waals surface area contributed by atoms with Crippen LogP contribution in [-0.4, -0.2) is 151 Å². The molecule has 1 atom stereocenters.